The lowest BCUT2D eigenvalue weighted by molar-refractivity contribution is -0.133. The molecule has 1 aliphatic carbocycles. The van der Waals surface area contributed by atoms with E-state index in [0.717, 1.165) is 30.7 Å². The van der Waals surface area contributed by atoms with Crippen LogP contribution in [0, 0.1) is 5.41 Å². The fourth-order valence-electron chi connectivity index (χ4n) is 3.72. The second-order valence-electron chi connectivity index (χ2n) is 6.51. The smallest absolute Gasteiger partial charge is 0.247 e. The predicted molar refractivity (Wildman–Crippen MR) is 106 cm³/mol. The van der Waals surface area contributed by atoms with E-state index >= 15 is 0 Å². The normalized spacial score (nSPS) is 22.7. The minimum absolute atomic E-state index is 0.122. The minimum atomic E-state index is -3.64. The van der Waals surface area contributed by atoms with Crippen LogP contribution in [0.15, 0.2) is 21.3 Å². The van der Waals surface area contributed by atoms with Crippen molar-refractivity contribution in [2.75, 3.05) is 13.7 Å². The zero-order chi connectivity index (χ0) is 19.4. The molecule has 2 unspecified atom stereocenters. The van der Waals surface area contributed by atoms with E-state index in [1.54, 1.807) is 13.1 Å². The standard InChI is InChI=1S/C17H30N4O3S2/c1-5-17(6-2)13(10-14(17)24-7-3)21-16(19-4)20-11-12-8-9-15(25-12)26(18,22)23/h8-9,13-14H,5-7,10-11H2,1-4H3,(H2,18,22,23)(H2,19,20,21). The van der Waals surface area contributed by atoms with Crippen molar-refractivity contribution in [3.63, 3.8) is 0 Å². The van der Waals surface area contributed by atoms with Crippen LogP contribution in [0.3, 0.4) is 0 Å². The zero-order valence-corrected chi connectivity index (χ0v) is 17.5. The first-order valence-electron chi connectivity index (χ1n) is 9.01. The van der Waals surface area contributed by atoms with Gasteiger partial charge >= 0.3 is 0 Å². The minimum Gasteiger partial charge on any atom is -0.378 e. The van der Waals surface area contributed by atoms with Gasteiger partial charge in [0.05, 0.1) is 12.6 Å². The van der Waals surface area contributed by atoms with Crippen LogP contribution in [0.25, 0.3) is 0 Å². The lowest BCUT2D eigenvalue weighted by Gasteiger charge is -2.55. The van der Waals surface area contributed by atoms with Gasteiger partial charge in [-0.15, -0.1) is 11.3 Å². The molecule has 0 radical (unpaired) electrons. The van der Waals surface area contributed by atoms with Crippen molar-refractivity contribution >= 4 is 27.3 Å². The van der Waals surface area contributed by atoms with Gasteiger partial charge in [0.25, 0.3) is 0 Å². The van der Waals surface area contributed by atoms with E-state index in [2.05, 4.69) is 29.5 Å². The zero-order valence-electron chi connectivity index (χ0n) is 15.9. The van der Waals surface area contributed by atoms with E-state index < -0.39 is 10.0 Å². The summed E-state index contributed by atoms with van der Waals surface area (Å²) in [7, 11) is -1.91. The van der Waals surface area contributed by atoms with Crippen LogP contribution in [-0.2, 0) is 21.3 Å². The first-order valence-corrected chi connectivity index (χ1v) is 11.4. The average Bonchev–Trinajstić information content (AvgIpc) is 3.07. The maximum absolute atomic E-state index is 11.4. The Labute approximate surface area is 160 Å². The molecule has 1 heterocycles. The number of hydrogen-bond donors (Lipinski definition) is 3. The predicted octanol–water partition coefficient (Wildman–Crippen LogP) is 2.04. The summed E-state index contributed by atoms with van der Waals surface area (Å²) in [5.74, 6) is 0.710. The van der Waals surface area contributed by atoms with Crippen molar-refractivity contribution in [3.8, 4) is 0 Å². The molecular weight excluding hydrogens is 372 g/mol. The van der Waals surface area contributed by atoms with Gasteiger partial charge in [-0.3, -0.25) is 4.99 Å². The molecule has 0 amide bonds. The number of aliphatic imine (C=N–C) groups is 1. The number of hydrogen-bond acceptors (Lipinski definition) is 5. The number of ether oxygens (including phenoxy) is 1. The second-order valence-corrected chi connectivity index (χ2v) is 9.46. The van der Waals surface area contributed by atoms with Crippen LogP contribution < -0.4 is 15.8 Å². The SMILES string of the molecule is CCOC1CC(NC(=NC)NCc2ccc(S(N)(=O)=O)s2)C1(CC)CC. The Morgan fingerprint density at radius 3 is 2.58 bits per heavy atom. The maximum Gasteiger partial charge on any atom is 0.247 e. The third kappa shape index (κ3) is 4.39. The highest BCUT2D eigenvalue weighted by atomic mass is 32.2. The number of primary sulfonamides is 1. The summed E-state index contributed by atoms with van der Waals surface area (Å²) < 4.78 is 28.8. The van der Waals surface area contributed by atoms with E-state index in [9.17, 15) is 8.42 Å². The van der Waals surface area contributed by atoms with Crippen LogP contribution in [-0.4, -0.2) is 40.2 Å². The van der Waals surface area contributed by atoms with Crippen LogP contribution in [0.4, 0.5) is 0 Å². The van der Waals surface area contributed by atoms with E-state index in [1.165, 1.54) is 17.4 Å². The molecule has 0 aliphatic heterocycles. The topological polar surface area (TPSA) is 106 Å². The van der Waals surface area contributed by atoms with Gasteiger partial charge in [0.1, 0.15) is 4.21 Å². The number of nitrogens with one attached hydrogen (secondary N) is 2. The van der Waals surface area contributed by atoms with Crippen LogP contribution >= 0.6 is 11.3 Å². The largest absolute Gasteiger partial charge is 0.378 e. The number of nitrogens with zero attached hydrogens (tertiary/aromatic N) is 1. The molecule has 148 valence electrons. The molecule has 9 heteroatoms. The third-order valence-corrected chi connectivity index (χ3v) is 7.88. The highest BCUT2D eigenvalue weighted by molar-refractivity contribution is 7.91. The highest BCUT2D eigenvalue weighted by Gasteiger charge is 2.53. The van der Waals surface area contributed by atoms with Gasteiger partial charge in [0, 0.05) is 30.0 Å². The molecule has 0 spiro atoms. The van der Waals surface area contributed by atoms with Gasteiger partial charge in [-0.2, -0.15) is 0 Å². The Morgan fingerprint density at radius 1 is 1.38 bits per heavy atom. The van der Waals surface area contributed by atoms with E-state index in [4.69, 9.17) is 9.88 Å². The summed E-state index contributed by atoms with van der Waals surface area (Å²) >= 11 is 1.17. The van der Waals surface area contributed by atoms with E-state index in [0.29, 0.717) is 18.5 Å². The molecule has 7 nitrogen and oxygen atoms in total. The fraction of sp³-hybridized carbons (Fsp3) is 0.706. The first kappa shape index (κ1) is 21.1. The van der Waals surface area contributed by atoms with Gasteiger partial charge in [0.15, 0.2) is 5.96 Å². The molecule has 4 N–H and O–H groups in total. The summed E-state index contributed by atoms with van der Waals surface area (Å²) in [4.78, 5) is 5.19. The molecule has 26 heavy (non-hydrogen) atoms. The van der Waals surface area contributed by atoms with Gasteiger partial charge < -0.3 is 15.4 Å². The van der Waals surface area contributed by atoms with Crippen LogP contribution in [0.1, 0.15) is 44.9 Å². The number of rotatable bonds is 8. The van der Waals surface area contributed by atoms with E-state index in [1.807, 2.05) is 6.92 Å². The molecule has 1 fully saturated rings. The van der Waals surface area contributed by atoms with Crippen molar-refractivity contribution in [2.45, 2.75) is 62.9 Å². The van der Waals surface area contributed by atoms with Crippen LogP contribution in [0.2, 0.25) is 0 Å². The Bertz CT molecular complexity index is 726. The number of nitrogens with two attached hydrogens (primary N) is 1. The monoisotopic (exact) mass is 402 g/mol. The maximum atomic E-state index is 11.4. The highest BCUT2D eigenvalue weighted by Crippen LogP contribution is 2.48. The molecule has 2 atom stereocenters. The summed E-state index contributed by atoms with van der Waals surface area (Å²) in [6, 6.07) is 3.61. The Balaban J connectivity index is 1.97. The van der Waals surface area contributed by atoms with Gasteiger partial charge in [-0.05, 0) is 38.3 Å². The van der Waals surface area contributed by atoms with Crippen molar-refractivity contribution in [3.05, 3.63) is 17.0 Å². The molecule has 1 aliphatic rings. The van der Waals surface area contributed by atoms with Crippen LogP contribution in [0.5, 0.6) is 0 Å². The van der Waals surface area contributed by atoms with Gasteiger partial charge in [-0.1, -0.05) is 13.8 Å². The summed E-state index contributed by atoms with van der Waals surface area (Å²) in [6.07, 6.45) is 3.34. The number of sulfonamides is 1. The molecular formula is C17H30N4O3S2. The fourth-order valence-corrected chi connectivity index (χ4v) is 5.44. The lowest BCUT2D eigenvalue weighted by Crippen LogP contribution is -2.65. The second kappa shape index (κ2) is 8.69. The van der Waals surface area contributed by atoms with Crippen molar-refractivity contribution in [1.29, 1.82) is 0 Å². The van der Waals surface area contributed by atoms with Gasteiger partial charge in [-0.25, -0.2) is 13.6 Å². The average molecular weight is 403 g/mol. The molecule has 0 saturated heterocycles. The lowest BCUT2D eigenvalue weighted by atomic mass is 9.58. The van der Waals surface area contributed by atoms with Crippen molar-refractivity contribution in [1.82, 2.24) is 10.6 Å². The molecule has 0 aromatic carbocycles. The van der Waals surface area contributed by atoms with E-state index in [-0.39, 0.29) is 15.7 Å². The first-order chi connectivity index (χ1) is 12.3. The van der Waals surface area contributed by atoms with Crippen molar-refractivity contribution in [2.24, 2.45) is 15.5 Å². The molecule has 0 bridgehead atoms. The molecule has 2 rings (SSSR count). The summed E-state index contributed by atoms with van der Waals surface area (Å²) in [6.45, 7) is 7.68. The van der Waals surface area contributed by atoms with Crippen molar-refractivity contribution < 1.29 is 13.2 Å². The van der Waals surface area contributed by atoms with Gasteiger partial charge in [0.2, 0.25) is 10.0 Å². The molecule has 1 aromatic rings. The summed E-state index contributed by atoms with van der Waals surface area (Å²) in [5.41, 5.74) is 0.122. The summed E-state index contributed by atoms with van der Waals surface area (Å²) in [5, 5.41) is 11.9. The Morgan fingerprint density at radius 2 is 2.08 bits per heavy atom. The Hall–Kier alpha value is -1.16. The third-order valence-electron chi connectivity index (χ3n) is 5.35. The number of guanidine groups is 1. The Kier molecular flexibility index (Phi) is 7.06. The molecule has 1 aromatic heterocycles. The molecule has 1 saturated carbocycles. The number of thiophene rings is 1. The quantitative estimate of drug-likeness (QED) is 0.456.